The topological polar surface area (TPSA) is 31.0 Å². The Hall–Kier alpha value is -5.67. The van der Waals surface area contributed by atoms with Crippen LogP contribution in [-0.2, 0) is 0 Å². The molecular weight excluding hydrogens is 512 g/mol. The monoisotopic (exact) mass is 536 g/mol. The van der Waals surface area contributed by atoms with Gasteiger partial charge in [0.2, 0.25) is 0 Å². The third-order valence-electron chi connectivity index (χ3n) is 8.42. The number of hydrogen-bond acceptors (Lipinski definition) is 2. The van der Waals surface area contributed by atoms with Crippen LogP contribution in [-0.4, -0.2) is 9.55 Å². The number of fused-ring (bicyclic) bond motifs is 7. The van der Waals surface area contributed by atoms with Gasteiger partial charge in [-0.2, -0.15) is 0 Å². The molecule has 0 aliphatic heterocycles. The molecule has 0 saturated heterocycles. The number of para-hydroxylation sites is 1. The zero-order valence-corrected chi connectivity index (χ0v) is 22.7. The normalized spacial score (nSPS) is 11.8. The van der Waals surface area contributed by atoms with Gasteiger partial charge in [-0.05, 0) is 59.0 Å². The molecule has 0 N–H and O–H groups in total. The predicted octanol–water partition coefficient (Wildman–Crippen LogP) is 10.6. The van der Waals surface area contributed by atoms with Gasteiger partial charge >= 0.3 is 0 Å². The number of rotatable bonds is 3. The highest BCUT2D eigenvalue weighted by atomic mass is 16.3. The zero-order valence-electron chi connectivity index (χ0n) is 22.7. The lowest BCUT2D eigenvalue weighted by atomic mass is 10.0. The maximum absolute atomic E-state index is 6.46. The average molecular weight is 537 g/mol. The third kappa shape index (κ3) is 3.44. The largest absolute Gasteiger partial charge is 0.456 e. The van der Waals surface area contributed by atoms with E-state index in [0.29, 0.717) is 0 Å². The molecule has 0 amide bonds. The molecule has 3 heteroatoms. The molecule has 0 atom stereocenters. The van der Waals surface area contributed by atoms with Crippen molar-refractivity contribution in [2.75, 3.05) is 0 Å². The molecule has 0 bridgehead atoms. The first-order chi connectivity index (χ1) is 20.8. The van der Waals surface area contributed by atoms with E-state index in [9.17, 15) is 0 Å². The van der Waals surface area contributed by atoms with Gasteiger partial charge in [0.05, 0.1) is 16.7 Å². The summed E-state index contributed by atoms with van der Waals surface area (Å²) in [5.41, 5.74) is 9.63. The summed E-state index contributed by atoms with van der Waals surface area (Å²) in [7, 11) is 0. The number of hydrogen-bond donors (Lipinski definition) is 0. The summed E-state index contributed by atoms with van der Waals surface area (Å²) >= 11 is 0. The van der Waals surface area contributed by atoms with E-state index in [4.69, 9.17) is 9.40 Å². The summed E-state index contributed by atoms with van der Waals surface area (Å²) in [6.07, 6.45) is 1.90. The molecule has 0 spiro atoms. The summed E-state index contributed by atoms with van der Waals surface area (Å²) in [5, 5.41) is 7.03. The second-order valence-corrected chi connectivity index (χ2v) is 10.8. The molecule has 0 fully saturated rings. The van der Waals surface area contributed by atoms with E-state index < -0.39 is 0 Å². The van der Waals surface area contributed by atoms with Gasteiger partial charge in [-0.15, -0.1) is 0 Å². The van der Waals surface area contributed by atoms with Crippen LogP contribution in [0.4, 0.5) is 0 Å². The van der Waals surface area contributed by atoms with Crippen LogP contribution in [0.3, 0.4) is 0 Å². The summed E-state index contributed by atoms with van der Waals surface area (Å²) in [4.78, 5) is 4.79. The Morgan fingerprint density at radius 3 is 2.17 bits per heavy atom. The van der Waals surface area contributed by atoms with Crippen molar-refractivity contribution in [1.82, 2.24) is 9.55 Å². The van der Waals surface area contributed by atoms with Crippen LogP contribution in [0, 0.1) is 0 Å². The van der Waals surface area contributed by atoms with Gasteiger partial charge in [-0.25, -0.2) is 0 Å². The third-order valence-corrected chi connectivity index (χ3v) is 8.42. The fourth-order valence-corrected chi connectivity index (χ4v) is 6.47. The standard InChI is InChI=1S/C39H24N2O/c1-2-9-25(10-3-1)27-17-18-37-33(22-27)34-23-32-31-15-6-7-16-35(31)41(36(32)24-38(34)42-37)29-13-8-12-28(21-29)39-30-14-5-4-11-26(30)19-20-40-39/h1-24H. The van der Waals surface area contributed by atoms with Crippen LogP contribution in [0.15, 0.2) is 150 Å². The first-order valence-electron chi connectivity index (χ1n) is 14.2. The first kappa shape index (κ1) is 23.1. The molecule has 0 aliphatic carbocycles. The summed E-state index contributed by atoms with van der Waals surface area (Å²) in [6, 6.07) is 49.3. The molecular formula is C39H24N2O. The summed E-state index contributed by atoms with van der Waals surface area (Å²) < 4.78 is 8.80. The van der Waals surface area contributed by atoms with Crippen molar-refractivity contribution in [3.63, 3.8) is 0 Å². The lowest BCUT2D eigenvalue weighted by Crippen LogP contribution is -1.95. The van der Waals surface area contributed by atoms with Crippen molar-refractivity contribution in [2.24, 2.45) is 0 Å². The van der Waals surface area contributed by atoms with Gasteiger partial charge in [0.25, 0.3) is 0 Å². The van der Waals surface area contributed by atoms with E-state index in [1.807, 2.05) is 6.20 Å². The van der Waals surface area contributed by atoms with Crippen LogP contribution in [0.25, 0.3) is 82.6 Å². The van der Waals surface area contributed by atoms with Crippen molar-refractivity contribution in [3.05, 3.63) is 146 Å². The summed E-state index contributed by atoms with van der Waals surface area (Å²) in [5.74, 6) is 0. The van der Waals surface area contributed by atoms with Crippen LogP contribution in [0.2, 0.25) is 0 Å². The van der Waals surface area contributed by atoms with Crippen molar-refractivity contribution in [3.8, 4) is 28.1 Å². The second kappa shape index (κ2) is 8.92. The van der Waals surface area contributed by atoms with Gasteiger partial charge in [0, 0.05) is 50.4 Å². The van der Waals surface area contributed by atoms with E-state index in [2.05, 4.69) is 144 Å². The molecule has 3 nitrogen and oxygen atoms in total. The van der Waals surface area contributed by atoms with Crippen molar-refractivity contribution < 1.29 is 4.42 Å². The molecule has 3 heterocycles. The van der Waals surface area contributed by atoms with Gasteiger partial charge < -0.3 is 8.98 Å². The molecule has 0 saturated carbocycles. The fraction of sp³-hybridized carbons (Fsp3) is 0. The van der Waals surface area contributed by atoms with Crippen LogP contribution < -0.4 is 0 Å². The van der Waals surface area contributed by atoms with Gasteiger partial charge in [0.1, 0.15) is 11.2 Å². The van der Waals surface area contributed by atoms with E-state index in [-0.39, 0.29) is 0 Å². The van der Waals surface area contributed by atoms with Crippen LogP contribution in [0.1, 0.15) is 0 Å². The fourth-order valence-electron chi connectivity index (χ4n) is 6.47. The van der Waals surface area contributed by atoms with Crippen molar-refractivity contribution in [1.29, 1.82) is 0 Å². The SMILES string of the molecule is c1ccc(-c2ccc3oc4cc5c(cc4c3c2)c2ccccc2n5-c2cccc(-c3nccc4ccccc34)c2)cc1. The highest BCUT2D eigenvalue weighted by Crippen LogP contribution is 2.40. The van der Waals surface area contributed by atoms with Crippen LogP contribution in [0.5, 0.6) is 0 Å². The van der Waals surface area contributed by atoms with Gasteiger partial charge in [0.15, 0.2) is 0 Å². The molecule has 6 aromatic carbocycles. The number of benzene rings is 6. The summed E-state index contributed by atoms with van der Waals surface area (Å²) in [6.45, 7) is 0. The maximum atomic E-state index is 6.46. The van der Waals surface area contributed by atoms with Crippen LogP contribution >= 0.6 is 0 Å². The van der Waals surface area contributed by atoms with E-state index in [1.54, 1.807) is 0 Å². The van der Waals surface area contributed by atoms with E-state index in [0.717, 1.165) is 55.3 Å². The lowest BCUT2D eigenvalue weighted by molar-refractivity contribution is 0.669. The molecule has 9 rings (SSSR count). The Balaban J connectivity index is 1.29. The Bertz CT molecular complexity index is 2460. The number of nitrogens with zero attached hydrogens (tertiary/aromatic N) is 2. The minimum absolute atomic E-state index is 0.888. The Morgan fingerprint density at radius 1 is 0.452 bits per heavy atom. The van der Waals surface area contributed by atoms with Gasteiger partial charge in [-0.1, -0.05) is 91.0 Å². The van der Waals surface area contributed by atoms with E-state index in [1.165, 1.54) is 27.3 Å². The maximum Gasteiger partial charge on any atom is 0.137 e. The number of aromatic nitrogens is 2. The molecule has 42 heavy (non-hydrogen) atoms. The molecule has 0 radical (unpaired) electrons. The smallest absolute Gasteiger partial charge is 0.137 e. The zero-order chi connectivity index (χ0) is 27.6. The first-order valence-corrected chi connectivity index (χ1v) is 14.2. The minimum atomic E-state index is 0.888. The Morgan fingerprint density at radius 2 is 1.24 bits per heavy atom. The van der Waals surface area contributed by atoms with Crippen molar-refractivity contribution >= 4 is 54.5 Å². The Kier molecular flexibility index (Phi) is 4.90. The van der Waals surface area contributed by atoms with Gasteiger partial charge in [-0.3, -0.25) is 4.98 Å². The predicted molar refractivity (Wildman–Crippen MR) is 174 cm³/mol. The minimum Gasteiger partial charge on any atom is -0.456 e. The average Bonchev–Trinajstić information content (AvgIpc) is 3.58. The molecule has 196 valence electrons. The molecule has 0 unspecified atom stereocenters. The molecule has 3 aromatic heterocycles. The van der Waals surface area contributed by atoms with Crippen molar-refractivity contribution in [2.45, 2.75) is 0 Å². The molecule has 0 aliphatic rings. The molecule has 9 aromatic rings. The van der Waals surface area contributed by atoms with E-state index >= 15 is 0 Å². The number of pyridine rings is 1. The highest BCUT2D eigenvalue weighted by Gasteiger charge is 2.17. The highest BCUT2D eigenvalue weighted by molar-refractivity contribution is 6.17. The Labute approximate surface area is 241 Å². The second-order valence-electron chi connectivity index (χ2n) is 10.8. The number of furan rings is 1. The lowest BCUT2D eigenvalue weighted by Gasteiger charge is -2.11. The quantitative estimate of drug-likeness (QED) is 0.225.